The van der Waals surface area contributed by atoms with E-state index in [2.05, 4.69) is 43.1 Å². The van der Waals surface area contributed by atoms with Crippen LogP contribution in [0.1, 0.15) is 35.4 Å². The number of benzene rings is 2. The minimum absolute atomic E-state index is 0.0227. The molecule has 0 spiro atoms. The van der Waals surface area contributed by atoms with E-state index in [1.54, 1.807) is 14.2 Å². The SMILES string of the molecule is COc1ccc(CCN(C)CCC[C@@H](C#N)c2ccccc2C)cc1OC. The summed E-state index contributed by atoms with van der Waals surface area (Å²) in [6.45, 7) is 4.03. The molecule has 4 nitrogen and oxygen atoms in total. The Morgan fingerprint density at radius 3 is 2.44 bits per heavy atom. The average molecular weight is 367 g/mol. The van der Waals surface area contributed by atoms with E-state index in [1.807, 2.05) is 24.3 Å². The van der Waals surface area contributed by atoms with Crippen molar-refractivity contribution < 1.29 is 9.47 Å². The first-order valence-electron chi connectivity index (χ1n) is 9.43. The number of hydrogen-bond acceptors (Lipinski definition) is 4. The molecule has 0 aliphatic carbocycles. The third-order valence-electron chi connectivity index (χ3n) is 4.98. The van der Waals surface area contributed by atoms with E-state index in [0.29, 0.717) is 0 Å². The van der Waals surface area contributed by atoms with Gasteiger partial charge in [0, 0.05) is 6.54 Å². The maximum atomic E-state index is 9.53. The quantitative estimate of drug-likeness (QED) is 0.618. The molecule has 0 amide bonds. The summed E-state index contributed by atoms with van der Waals surface area (Å²) in [5.74, 6) is 1.51. The van der Waals surface area contributed by atoms with Crippen LogP contribution in [0.2, 0.25) is 0 Å². The number of hydrogen-bond donors (Lipinski definition) is 0. The number of likely N-dealkylation sites (N-methyl/N-ethyl adjacent to an activating group) is 1. The van der Waals surface area contributed by atoms with Gasteiger partial charge in [-0.05, 0) is 68.6 Å². The van der Waals surface area contributed by atoms with E-state index in [-0.39, 0.29) is 5.92 Å². The molecule has 0 unspecified atom stereocenters. The van der Waals surface area contributed by atoms with Gasteiger partial charge in [-0.2, -0.15) is 5.26 Å². The van der Waals surface area contributed by atoms with E-state index < -0.39 is 0 Å². The lowest BCUT2D eigenvalue weighted by Crippen LogP contribution is -2.22. The molecule has 0 bridgehead atoms. The van der Waals surface area contributed by atoms with Crippen LogP contribution in [0, 0.1) is 18.3 Å². The van der Waals surface area contributed by atoms with Gasteiger partial charge >= 0.3 is 0 Å². The van der Waals surface area contributed by atoms with Crippen LogP contribution in [-0.4, -0.2) is 39.3 Å². The first-order chi connectivity index (χ1) is 13.1. The fourth-order valence-electron chi connectivity index (χ4n) is 3.30. The molecule has 2 aromatic carbocycles. The van der Waals surface area contributed by atoms with Crippen LogP contribution in [0.3, 0.4) is 0 Å². The van der Waals surface area contributed by atoms with Gasteiger partial charge < -0.3 is 14.4 Å². The van der Waals surface area contributed by atoms with Gasteiger partial charge in [0.25, 0.3) is 0 Å². The van der Waals surface area contributed by atoms with Gasteiger partial charge in [0.05, 0.1) is 26.2 Å². The molecule has 0 saturated heterocycles. The molecule has 27 heavy (non-hydrogen) atoms. The van der Waals surface area contributed by atoms with E-state index in [4.69, 9.17) is 9.47 Å². The van der Waals surface area contributed by atoms with Crippen molar-refractivity contribution in [1.82, 2.24) is 4.90 Å². The number of ether oxygens (including phenoxy) is 2. The van der Waals surface area contributed by atoms with E-state index in [9.17, 15) is 5.26 Å². The number of nitrogens with zero attached hydrogens (tertiary/aromatic N) is 2. The molecule has 2 rings (SSSR count). The van der Waals surface area contributed by atoms with Gasteiger partial charge in [0.1, 0.15) is 0 Å². The van der Waals surface area contributed by atoms with Crippen LogP contribution < -0.4 is 9.47 Å². The van der Waals surface area contributed by atoms with Crippen molar-refractivity contribution in [3.05, 3.63) is 59.2 Å². The Morgan fingerprint density at radius 1 is 1.04 bits per heavy atom. The smallest absolute Gasteiger partial charge is 0.160 e. The third-order valence-corrected chi connectivity index (χ3v) is 4.98. The second kappa shape index (κ2) is 10.6. The number of rotatable bonds is 10. The second-order valence-electron chi connectivity index (χ2n) is 6.92. The molecule has 0 heterocycles. The van der Waals surface area contributed by atoms with Gasteiger partial charge in [0.15, 0.2) is 11.5 Å². The highest BCUT2D eigenvalue weighted by molar-refractivity contribution is 5.43. The molecule has 0 aliphatic heterocycles. The summed E-state index contributed by atoms with van der Waals surface area (Å²) < 4.78 is 10.7. The van der Waals surface area contributed by atoms with Crippen molar-refractivity contribution in [1.29, 1.82) is 5.26 Å². The minimum Gasteiger partial charge on any atom is -0.493 e. The Bertz CT molecular complexity index is 767. The molecule has 144 valence electrons. The molecular formula is C23H30N2O2. The van der Waals surface area contributed by atoms with E-state index in [1.165, 1.54) is 11.1 Å². The van der Waals surface area contributed by atoms with Crippen LogP contribution >= 0.6 is 0 Å². The zero-order valence-corrected chi connectivity index (χ0v) is 16.9. The third kappa shape index (κ3) is 6.01. The van der Waals surface area contributed by atoms with Gasteiger partial charge in [-0.1, -0.05) is 30.3 Å². The van der Waals surface area contributed by atoms with Crippen LogP contribution in [0.15, 0.2) is 42.5 Å². The molecule has 0 saturated carbocycles. The lowest BCUT2D eigenvalue weighted by Gasteiger charge is -2.18. The first kappa shape index (κ1) is 20.8. The zero-order valence-electron chi connectivity index (χ0n) is 16.9. The predicted molar refractivity (Wildman–Crippen MR) is 110 cm³/mol. The monoisotopic (exact) mass is 366 g/mol. The van der Waals surface area contributed by atoms with Crippen LogP contribution in [0.5, 0.6) is 11.5 Å². The Balaban J connectivity index is 1.80. The lowest BCUT2D eigenvalue weighted by molar-refractivity contribution is 0.327. The molecule has 1 atom stereocenters. The zero-order chi connectivity index (χ0) is 19.6. The standard InChI is InChI=1S/C23H30N2O2/c1-18-8-5-6-10-21(18)20(17-24)9-7-14-25(2)15-13-19-11-12-22(26-3)23(16-19)27-4/h5-6,8,10-12,16,20H,7,9,13-15H2,1-4H3/t20-/m0/s1. The molecule has 0 fully saturated rings. The van der Waals surface area contributed by atoms with Gasteiger partial charge in [-0.25, -0.2) is 0 Å². The Kier molecular flexibility index (Phi) is 8.16. The van der Waals surface area contributed by atoms with Crippen molar-refractivity contribution in [2.75, 3.05) is 34.4 Å². The normalized spacial score (nSPS) is 11.9. The summed E-state index contributed by atoms with van der Waals surface area (Å²) in [5.41, 5.74) is 3.59. The van der Waals surface area contributed by atoms with E-state index in [0.717, 1.165) is 49.4 Å². The van der Waals surface area contributed by atoms with Crippen LogP contribution in [0.4, 0.5) is 0 Å². The first-order valence-corrected chi connectivity index (χ1v) is 9.43. The number of methoxy groups -OCH3 is 2. The van der Waals surface area contributed by atoms with E-state index >= 15 is 0 Å². The highest BCUT2D eigenvalue weighted by Gasteiger charge is 2.13. The highest BCUT2D eigenvalue weighted by Crippen LogP contribution is 2.28. The van der Waals surface area contributed by atoms with Crippen molar-refractivity contribution >= 4 is 0 Å². The molecule has 4 heteroatoms. The van der Waals surface area contributed by atoms with Crippen LogP contribution in [0.25, 0.3) is 0 Å². The van der Waals surface area contributed by atoms with Crippen LogP contribution in [-0.2, 0) is 6.42 Å². The predicted octanol–water partition coefficient (Wildman–Crippen LogP) is 4.57. The molecule has 0 aliphatic rings. The molecule has 0 N–H and O–H groups in total. The summed E-state index contributed by atoms with van der Waals surface area (Å²) >= 11 is 0. The Morgan fingerprint density at radius 2 is 1.78 bits per heavy atom. The highest BCUT2D eigenvalue weighted by atomic mass is 16.5. The molecule has 0 radical (unpaired) electrons. The largest absolute Gasteiger partial charge is 0.493 e. The van der Waals surface area contributed by atoms with Gasteiger partial charge in [-0.15, -0.1) is 0 Å². The average Bonchev–Trinajstić information content (AvgIpc) is 2.70. The van der Waals surface area contributed by atoms with Gasteiger partial charge in [0.2, 0.25) is 0 Å². The molecular weight excluding hydrogens is 336 g/mol. The summed E-state index contributed by atoms with van der Waals surface area (Å²) in [4.78, 5) is 2.32. The fourth-order valence-corrected chi connectivity index (χ4v) is 3.30. The molecule has 2 aromatic rings. The van der Waals surface area contributed by atoms with Crippen molar-refractivity contribution in [2.45, 2.75) is 32.1 Å². The number of aryl methyl sites for hydroxylation is 1. The van der Waals surface area contributed by atoms with Crippen molar-refractivity contribution in [2.24, 2.45) is 0 Å². The Labute approximate surface area is 163 Å². The lowest BCUT2D eigenvalue weighted by atomic mass is 9.92. The van der Waals surface area contributed by atoms with Gasteiger partial charge in [-0.3, -0.25) is 0 Å². The second-order valence-corrected chi connectivity index (χ2v) is 6.92. The Hall–Kier alpha value is -2.51. The maximum absolute atomic E-state index is 9.53. The topological polar surface area (TPSA) is 45.5 Å². The van der Waals surface area contributed by atoms with Crippen molar-refractivity contribution in [3.8, 4) is 17.6 Å². The summed E-state index contributed by atoms with van der Waals surface area (Å²) in [7, 11) is 5.44. The maximum Gasteiger partial charge on any atom is 0.160 e. The fraction of sp³-hybridized carbons (Fsp3) is 0.435. The minimum atomic E-state index is -0.0227. The van der Waals surface area contributed by atoms with Crippen molar-refractivity contribution in [3.63, 3.8) is 0 Å². The summed E-state index contributed by atoms with van der Waals surface area (Å²) in [6, 6.07) is 16.7. The molecule has 0 aromatic heterocycles. The number of nitriles is 1. The summed E-state index contributed by atoms with van der Waals surface area (Å²) in [5, 5.41) is 9.53. The summed E-state index contributed by atoms with van der Waals surface area (Å²) in [6.07, 6.45) is 2.85.